The largest absolute Gasteiger partial charge is 0.339 e. The van der Waals surface area contributed by atoms with E-state index in [4.69, 9.17) is 0 Å². The van der Waals surface area contributed by atoms with E-state index in [1.807, 2.05) is 4.90 Å². The third-order valence-corrected chi connectivity index (χ3v) is 4.07. The number of rotatable bonds is 3. The monoisotopic (exact) mass is 286 g/mol. The molecular formula is C16H18N2O3. The van der Waals surface area contributed by atoms with Crippen LogP contribution in [-0.2, 0) is 4.79 Å². The zero-order valence-corrected chi connectivity index (χ0v) is 11.8. The van der Waals surface area contributed by atoms with Crippen LogP contribution in [0.4, 0.5) is 0 Å². The van der Waals surface area contributed by atoms with Crippen molar-refractivity contribution in [3.8, 4) is 0 Å². The summed E-state index contributed by atoms with van der Waals surface area (Å²) in [4.78, 5) is 38.8. The molecule has 110 valence electrons. The molecule has 0 radical (unpaired) electrons. The average molecular weight is 286 g/mol. The fraction of sp³-hybridized carbons (Fsp3) is 0.438. The molecule has 21 heavy (non-hydrogen) atoms. The molecule has 0 spiro atoms. The van der Waals surface area contributed by atoms with E-state index in [-0.39, 0.29) is 17.7 Å². The summed E-state index contributed by atoms with van der Waals surface area (Å²) in [5.74, 6) is 0.402. The molecule has 1 aromatic rings. The van der Waals surface area contributed by atoms with Crippen LogP contribution in [0.25, 0.3) is 0 Å². The van der Waals surface area contributed by atoms with Crippen molar-refractivity contribution in [2.24, 2.45) is 5.92 Å². The van der Waals surface area contributed by atoms with Crippen molar-refractivity contribution in [1.82, 2.24) is 9.80 Å². The average Bonchev–Trinajstić information content (AvgIpc) is 3.38. The second-order valence-electron chi connectivity index (χ2n) is 5.64. The molecule has 0 unspecified atom stereocenters. The molecule has 2 aliphatic rings. The smallest absolute Gasteiger partial charge is 0.253 e. The van der Waals surface area contributed by atoms with Gasteiger partial charge in [-0.25, -0.2) is 0 Å². The minimum atomic E-state index is -0.0720. The number of carbonyl (C=O) groups excluding carboxylic acids is 3. The predicted octanol–water partition coefficient (Wildman–Crippen LogP) is 1.19. The van der Waals surface area contributed by atoms with Crippen molar-refractivity contribution >= 4 is 18.1 Å². The van der Waals surface area contributed by atoms with Crippen molar-refractivity contribution in [3.63, 3.8) is 0 Å². The van der Waals surface area contributed by atoms with Crippen molar-refractivity contribution in [2.45, 2.75) is 12.8 Å². The van der Waals surface area contributed by atoms with Crippen LogP contribution in [0.15, 0.2) is 24.3 Å². The Balaban J connectivity index is 1.61. The molecular weight excluding hydrogens is 268 g/mol. The Morgan fingerprint density at radius 2 is 1.71 bits per heavy atom. The normalized spacial score (nSPS) is 18.5. The zero-order chi connectivity index (χ0) is 14.8. The second kappa shape index (κ2) is 5.68. The van der Waals surface area contributed by atoms with Gasteiger partial charge < -0.3 is 9.80 Å². The molecule has 0 atom stereocenters. The van der Waals surface area contributed by atoms with Gasteiger partial charge in [-0.15, -0.1) is 0 Å². The molecule has 1 heterocycles. The summed E-state index contributed by atoms with van der Waals surface area (Å²) in [7, 11) is 0. The van der Waals surface area contributed by atoms with Crippen LogP contribution in [-0.4, -0.2) is 54.1 Å². The Morgan fingerprint density at radius 3 is 2.33 bits per heavy atom. The van der Waals surface area contributed by atoms with Gasteiger partial charge >= 0.3 is 0 Å². The molecule has 1 aliphatic heterocycles. The second-order valence-corrected chi connectivity index (χ2v) is 5.64. The number of hydrogen-bond acceptors (Lipinski definition) is 3. The first kappa shape index (κ1) is 13.8. The lowest BCUT2D eigenvalue weighted by atomic mass is 10.1. The standard InChI is InChI=1S/C16H18N2O3/c19-11-12-2-1-3-14(10-12)16(21)18-8-6-17(7-9-18)15(20)13-4-5-13/h1-3,10-11,13H,4-9H2. The van der Waals surface area contributed by atoms with Gasteiger partial charge in [0.25, 0.3) is 5.91 Å². The van der Waals surface area contributed by atoms with E-state index in [1.54, 1.807) is 29.2 Å². The van der Waals surface area contributed by atoms with Gasteiger partial charge in [-0.05, 0) is 25.0 Å². The fourth-order valence-corrected chi connectivity index (χ4v) is 2.65. The van der Waals surface area contributed by atoms with Crippen LogP contribution in [0.2, 0.25) is 0 Å². The van der Waals surface area contributed by atoms with E-state index in [2.05, 4.69) is 0 Å². The molecule has 1 saturated heterocycles. The number of piperazine rings is 1. The summed E-state index contributed by atoms with van der Waals surface area (Å²) >= 11 is 0. The fourth-order valence-electron chi connectivity index (χ4n) is 2.65. The van der Waals surface area contributed by atoms with E-state index in [9.17, 15) is 14.4 Å². The Kier molecular flexibility index (Phi) is 3.73. The van der Waals surface area contributed by atoms with Crippen LogP contribution in [0.1, 0.15) is 33.6 Å². The van der Waals surface area contributed by atoms with Gasteiger partial charge in [0.05, 0.1) is 0 Å². The molecule has 5 heteroatoms. The number of hydrogen-bond donors (Lipinski definition) is 0. The highest BCUT2D eigenvalue weighted by molar-refractivity contribution is 5.96. The number of aldehydes is 1. The first-order valence-electron chi connectivity index (χ1n) is 7.32. The zero-order valence-electron chi connectivity index (χ0n) is 11.8. The van der Waals surface area contributed by atoms with E-state index in [1.165, 1.54) is 0 Å². The third kappa shape index (κ3) is 2.96. The SMILES string of the molecule is O=Cc1cccc(C(=O)N2CCN(C(=O)C3CC3)CC2)c1. The summed E-state index contributed by atoms with van der Waals surface area (Å²) in [6.07, 6.45) is 2.76. The van der Waals surface area contributed by atoms with Crippen molar-refractivity contribution in [1.29, 1.82) is 0 Å². The first-order valence-corrected chi connectivity index (χ1v) is 7.32. The molecule has 2 fully saturated rings. The number of carbonyl (C=O) groups is 3. The highest BCUT2D eigenvalue weighted by Crippen LogP contribution is 2.31. The van der Waals surface area contributed by atoms with Crippen LogP contribution in [0.3, 0.4) is 0 Å². The van der Waals surface area contributed by atoms with Crippen molar-refractivity contribution in [3.05, 3.63) is 35.4 Å². The lowest BCUT2D eigenvalue weighted by Gasteiger charge is -2.35. The summed E-state index contributed by atoms with van der Waals surface area (Å²) in [5.41, 5.74) is 1.03. The van der Waals surface area contributed by atoms with Gasteiger partial charge in [-0.2, -0.15) is 0 Å². The van der Waals surface area contributed by atoms with E-state index < -0.39 is 0 Å². The summed E-state index contributed by atoms with van der Waals surface area (Å²) in [6.45, 7) is 2.33. The lowest BCUT2D eigenvalue weighted by Crippen LogP contribution is -2.51. The predicted molar refractivity (Wildman–Crippen MR) is 77.0 cm³/mol. The molecule has 2 amide bonds. The highest BCUT2D eigenvalue weighted by Gasteiger charge is 2.35. The maximum Gasteiger partial charge on any atom is 0.253 e. The molecule has 1 aromatic carbocycles. The Morgan fingerprint density at radius 1 is 1.05 bits per heavy atom. The minimum absolute atomic E-state index is 0.0720. The highest BCUT2D eigenvalue weighted by atomic mass is 16.2. The van der Waals surface area contributed by atoms with Crippen molar-refractivity contribution in [2.75, 3.05) is 26.2 Å². The van der Waals surface area contributed by atoms with E-state index in [0.29, 0.717) is 37.3 Å². The van der Waals surface area contributed by atoms with Crippen LogP contribution < -0.4 is 0 Å². The molecule has 1 aliphatic carbocycles. The quantitative estimate of drug-likeness (QED) is 0.784. The molecule has 5 nitrogen and oxygen atoms in total. The van der Waals surface area contributed by atoms with Gasteiger partial charge in [-0.1, -0.05) is 12.1 Å². The van der Waals surface area contributed by atoms with Gasteiger partial charge in [-0.3, -0.25) is 14.4 Å². The number of nitrogens with zero attached hydrogens (tertiary/aromatic N) is 2. The molecule has 0 bridgehead atoms. The molecule has 0 N–H and O–H groups in total. The lowest BCUT2D eigenvalue weighted by molar-refractivity contribution is -0.134. The summed E-state index contributed by atoms with van der Waals surface area (Å²) in [5, 5.41) is 0. The summed E-state index contributed by atoms with van der Waals surface area (Å²) < 4.78 is 0. The van der Waals surface area contributed by atoms with Crippen LogP contribution >= 0.6 is 0 Å². The van der Waals surface area contributed by atoms with Gasteiger partial charge in [0.2, 0.25) is 5.91 Å². The van der Waals surface area contributed by atoms with Crippen molar-refractivity contribution < 1.29 is 14.4 Å². The van der Waals surface area contributed by atoms with Crippen LogP contribution in [0, 0.1) is 5.92 Å². The Labute approximate surface area is 123 Å². The molecule has 1 saturated carbocycles. The Bertz CT molecular complexity index is 573. The summed E-state index contributed by atoms with van der Waals surface area (Å²) in [6, 6.07) is 6.72. The Hall–Kier alpha value is -2.17. The maximum absolute atomic E-state index is 12.4. The van der Waals surface area contributed by atoms with Gasteiger partial charge in [0, 0.05) is 43.2 Å². The minimum Gasteiger partial charge on any atom is -0.339 e. The number of amides is 2. The number of benzene rings is 1. The van der Waals surface area contributed by atoms with E-state index >= 15 is 0 Å². The third-order valence-electron chi connectivity index (χ3n) is 4.07. The van der Waals surface area contributed by atoms with Gasteiger partial charge in [0.15, 0.2) is 0 Å². The molecule has 3 rings (SSSR count). The topological polar surface area (TPSA) is 57.7 Å². The first-order chi connectivity index (χ1) is 10.2. The maximum atomic E-state index is 12.4. The van der Waals surface area contributed by atoms with Gasteiger partial charge in [0.1, 0.15) is 6.29 Å². The van der Waals surface area contributed by atoms with E-state index in [0.717, 1.165) is 19.1 Å². The van der Waals surface area contributed by atoms with Crippen LogP contribution in [0.5, 0.6) is 0 Å². The molecule has 0 aromatic heterocycles.